The van der Waals surface area contributed by atoms with Crippen LogP contribution in [0.1, 0.15) is 17.2 Å². The van der Waals surface area contributed by atoms with E-state index in [4.69, 9.17) is 0 Å². The highest BCUT2D eigenvalue weighted by Crippen LogP contribution is 2.45. The standard InChI is InChI=1S/C20H13N3O5S/c24-17(12-6-2-1-3-7-12)15-16(13-8-4-5-9-14(13)23(27)28)22(19(26)18(15)25)20-21-10-11-29-20/h1-11,16,24H/b17-15+. The number of carbonyl (C=O) groups excluding carboxylic acids is 2. The molecule has 1 unspecified atom stereocenters. The molecule has 144 valence electrons. The second-order valence-electron chi connectivity index (χ2n) is 6.17. The van der Waals surface area contributed by atoms with Crippen LogP contribution in [0.5, 0.6) is 0 Å². The molecule has 0 saturated carbocycles. The van der Waals surface area contributed by atoms with Crippen molar-refractivity contribution in [1.82, 2.24) is 4.98 Å². The molecule has 2 heterocycles. The van der Waals surface area contributed by atoms with Gasteiger partial charge < -0.3 is 5.11 Å². The number of Topliss-reactive ketones (excluding diaryl/α,β-unsaturated/α-hetero) is 1. The predicted molar refractivity (Wildman–Crippen MR) is 106 cm³/mol. The summed E-state index contributed by atoms with van der Waals surface area (Å²) in [6, 6.07) is 12.9. The summed E-state index contributed by atoms with van der Waals surface area (Å²) < 4.78 is 0. The quantitative estimate of drug-likeness (QED) is 0.232. The molecule has 0 aliphatic carbocycles. The lowest BCUT2D eigenvalue weighted by Gasteiger charge is -2.22. The molecule has 29 heavy (non-hydrogen) atoms. The third-order valence-corrected chi connectivity index (χ3v) is 5.32. The van der Waals surface area contributed by atoms with E-state index in [2.05, 4.69) is 4.98 Å². The van der Waals surface area contributed by atoms with E-state index >= 15 is 0 Å². The van der Waals surface area contributed by atoms with Crippen LogP contribution >= 0.6 is 11.3 Å². The Kier molecular flexibility index (Phi) is 4.65. The number of rotatable bonds is 4. The second-order valence-corrected chi connectivity index (χ2v) is 7.04. The highest BCUT2D eigenvalue weighted by molar-refractivity contribution is 7.14. The number of nitrogens with zero attached hydrogens (tertiary/aromatic N) is 3. The first-order valence-electron chi connectivity index (χ1n) is 8.50. The van der Waals surface area contributed by atoms with Gasteiger partial charge in [-0.05, 0) is 6.07 Å². The molecule has 1 N–H and O–H groups in total. The number of ketones is 1. The maximum atomic E-state index is 12.9. The Morgan fingerprint density at radius 3 is 2.45 bits per heavy atom. The number of para-hydroxylation sites is 1. The van der Waals surface area contributed by atoms with Crippen LogP contribution in [0, 0.1) is 10.1 Å². The van der Waals surface area contributed by atoms with E-state index < -0.39 is 28.4 Å². The Morgan fingerprint density at radius 1 is 1.10 bits per heavy atom. The van der Waals surface area contributed by atoms with E-state index in [0.29, 0.717) is 5.56 Å². The fourth-order valence-corrected chi connectivity index (χ4v) is 3.96. The van der Waals surface area contributed by atoms with Crippen molar-refractivity contribution in [1.29, 1.82) is 0 Å². The molecule has 1 atom stereocenters. The topological polar surface area (TPSA) is 114 Å². The lowest BCUT2D eigenvalue weighted by atomic mass is 9.94. The Labute approximate surface area is 168 Å². The number of hydrogen-bond acceptors (Lipinski definition) is 7. The summed E-state index contributed by atoms with van der Waals surface area (Å²) in [7, 11) is 0. The summed E-state index contributed by atoms with van der Waals surface area (Å²) in [6.45, 7) is 0. The molecule has 1 aliphatic heterocycles. The third kappa shape index (κ3) is 3.07. The first kappa shape index (κ1) is 18.5. The van der Waals surface area contributed by atoms with Gasteiger partial charge in [-0.3, -0.25) is 24.6 Å². The molecule has 1 fully saturated rings. The van der Waals surface area contributed by atoms with Crippen LogP contribution in [0.25, 0.3) is 5.76 Å². The summed E-state index contributed by atoms with van der Waals surface area (Å²) >= 11 is 1.12. The van der Waals surface area contributed by atoms with Crippen molar-refractivity contribution in [2.24, 2.45) is 0 Å². The fraction of sp³-hybridized carbons (Fsp3) is 0.0500. The average Bonchev–Trinajstić information content (AvgIpc) is 3.35. The molecule has 0 spiro atoms. The van der Waals surface area contributed by atoms with Gasteiger partial charge in [-0.15, -0.1) is 11.3 Å². The van der Waals surface area contributed by atoms with Crippen LogP contribution in [-0.2, 0) is 9.59 Å². The molecular formula is C20H13N3O5S. The maximum absolute atomic E-state index is 12.9. The Hall–Kier alpha value is -3.85. The highest BCUT2D eigenvalue weighted by atomic mass is 32.1. The van der Waals surface area contributed by atoms with E-state index in [1.54, 1.807) is 41.8 Å². The highest BCUT2D eigenvalue weighted by Gasteiger charge is 2.49. The number of aromatic nitrogens is 1. The van der Waals surface area contributed by atoms with E-state index in [0.717, 1.165) is 16.2 Å². The van der Waals surface area contributed by atoms with E-state index in [9.17, 15) is 24.8 Å². The number of amides is 1. The van der Waals surface area contributed by atoms with Crippen LogP contribution < -0.4 is 4.90 Å². The van der Waals surface area contributed by atoms with Gasteiger partial charge in [0.1, 0.15) is 11.8 Å². The smallest absolute Gasteiger partial charge is 0.301 e. The van der Waals surface area contributed by atoms with Crippen molar-refractivity contribution in [2.75, 3.05) is 4.90 Å². The number of nitro benzene ring substituents is 1. The van der Waals surface area contributed by atoms with E-state index in [1.165, 1.54) is 24.4 Å². The van der Waals surface area contributed by atoms with Gasteiger partial charge in [0, 0.05) is 23.2 Å². The number of carbonyl (C=O) groups is 2. The number of anilines is 1. The van der Waals surface area contributed by atoms with E-state index in [1.807, 2.05) is 0 Å². The molecule has 1 aliphatic rings. The van der Waals surface area contributed by atoms with Crippen LogP contribution in [0.4, 0.5) is 10.8 Å². The molecule has 0 bridgehead atoms. The number of aliphatic hydroxyl groups excluding tert-OH is 1. The van der Waals surface area contributed by atoms with Crippen molar-refractivity contribution in [3.63, 3.8) is 0 Å². The monoisotopic (exact) mass is 407 g/mol. The van der Waals surface area contributed by atoms with Gasteiger partial charge in [-0.25, -0.2) is 4.98 Å². The summed E-state index contributed by atoms with van der Waals surface area (Å²) in [5.74, 6) is -2.23. The van der Waals surface area contributed by atoms with Gasteiger partial charge in [0.15, 0.2) is 5.13 Å². The number of hydrogen-bond donors (Lipinski definition) is 1. The fourth-order valence-electron chi connectivity index (χ4n) is 3.30. The zero-order chi connectivity index (χ0) is 20.5. The van der Waals surface area contributed by atoms with Gasteiger partial charge in [-0.2, -0.15) is 0 Å². The van der Waals surface area contributed by atoms with Crippen LogP contribution in [-0.4, -0.2) is 26.7 Å². The lowest BCUT2D eigenvalue weighted by Crippen LogP contribution is -2.29. The molecule has 9 heteroatoms. The molecule has 8 nitrogen and oxygen atoms in total. The Bertz CT molecular complexity index is 1140. The Balaban J connectivity index is 2.01. The normalized spacial score (nSPS) is 18.2. The number of aliphatic hydroxyl groups is 1. The minimum Gasteiger partial charge on any atom is -0.507 e. The largest absolute Gasteiger partial charge is 0.507 e. The molecule has 4 rings (SSSR count). The first-order chi connectivity index (χ1) is 14.0. The summed E-state index contributed by atoms with van der Waals surface area (Å²) in [6.07, 6.45) is 1.47. The number of thiazole rings is 1. The van der Waals surface area contributed by atoms with Gasteiger partial charge in [0.2, 0.25) is 0 Å². The first-order valence-corrected chi connectivity index (χ1v) is 9.38. The second kappa shape index (κ2) is 7.28. The van der Waals surface area contributed by atoms with Crippen LogP contribution in [0.3, 0.4) is 0 Å². The van der Waals surface area contributed by atoms with Gasteiger partial charge >= 0.3 is 5.91 Å². The van der Waals surface area contributed by atoms with Crippen LogP contribution in [0.2, 0.25) is 0 Å². The third-order valence-electron chi connectivity index (χ3n) is 4.55. The van der Waals surface area contributed by atoms with Gasteiger partial charge in [0.25, 0.3) is 11.5 Å². The molecular weight excluding hydrogens is 394 g/mol. The summed E-state index contributed by atoms with van der Waals surface area (Å²) in [5.41, 5.74) is -0.0387. The molecule has 1 amide bonds. The molecule has 2 aromatic carbocycles. The summed E-state index contributed by atoms with van der Waals surface area (Å²) in [4.78, 5) is 42.0. The molecule has 1 saturated heterocycles. The SMILES string of the molecule is O=C1C(=O)N(c2nccs2)C(c2ccccc2[N+](=O)[O-])/C1=C(\O)c1ccccc1. The number of nitro groups is 1. The summed E-state index contributed by atoms with van der Waals surface area (Å²) in [5, 5.41) is 24.3. The van der Waals surface area contributed by atoms with Crippen molar-refractivity contribution in [3.05, 3.63) is 93.0 Å². The van der Waals surface area contributed by atoms with E-state index in [-0.39, 0.29) is 22.0 Å². The molecule has 0 radical (unpaired) electrons. The maximum Gasteiger partial charge on any atom is 0.301 e. The van der Waals surface area contributed by atoms with Crippen molar-refractivity contribution in [3.8, 4) is 0 Å². The minimum absolute atomic E-state index is 0.115. The zero-order valence-electron chi connectivity index (χ0n) is 14.8. The van der Waals surface area contributed by atoms with Gasteiger partial charge in [-0.1, -0.05) is 42.5 Å². The van der Waals surface area contributed by atoms with Crippen molar-refractivity contribution in [2.45, 2.75) is 6.04 Å². The van der Waals surface area contributed by atoms with Crippen molar-refractivity contribution < 1.29 is 19.6 Å². The minimum atomic E-state index is -1.18. The van der Waals surface area contributed by atoms with Crippen molar-refractivity contribution >= 4 is 39.6 Å². The Morgan fingerprint density at radius 2 is 1.79 bits per heavy atom. The molecule has 1 aromatic heterocycles. The average molecular weight is 407 g/mol. The zero-order valence-corrected chi connectivity index (χ0v) is 15.6. The predicted octanol–water partition coefficient (Wildman–Crippen LogP) is 3.68. The lowest BCUT2D eigenvalue weighted by molar-refractivity contribution is -0.385. The molecule has 3 aromatic rings. The number of benzene rings is 2. The van der Waals surface area contributed by atoms with Crippen LogP contribution in [0.15, 0.2) is 71.7 Å². The van der Waals surface area contributed by atoms with Gasteiger partial charge in [0.05, 0.1) is 16.1 Å².